The zero-order valence-corrected chi connectivity index (χ0v) is 9.28. The van der Waals surface area contributed by atoms with Crippen LogP contribution < -0.4 is 0 Å². The van der Waals surface area contributed by atoms with E-state index in [0.717, 1.165) is 39.1 Å². The van der Waals surface area contributed by atoms with Crippen LogP contribution in [0.3, 0.4) is 0 Å². The Morgan fingerprint density at radius 3 is 2.53 bits per heavy atom. The van der Waals surface area contributed by atoms with Gasteiger partial charge in [0, 0.05) is 13.1 Å². The molecule has 1 saturated carbocycles. The second kappa shape index (κ2) is 4.94. The highest BCUT2D eigenvalue weighted by Gasteiger charge is 2.38. The largest absolute Gasteiger partial charge is 0.468 e. The van der Waals surface area contributed by atoms with Gasteiger partial charge < -0.3 is 9.47 Å². The van der Waals surface area contributed by atoms with E-state index in [1.165, 1.54) is 13.5 Å². The highest BCUT2D eigenvalue weighted by Crippen LogP contribution is 2.33. The summed E-state index contributed by atoms with van der Waals surface area (Å²) < 4.78 is 10.2. The minimum atomic E-state index is -0.0680. The predicted molar refractivity (Wildman–Crippen MR) is 55.5 cm³/mol. The van der Waals surface area contributed by atoms with Crippen LogP contribution in [-0.4, -0.2) is 50.3 Å². The smallest absolute Gasteiger partial charge is 0.323 e. The Labute approximate surface area is 90.5 Å². The fraction of sp³-hybridized carbons (Fsp3) is 0.909. The molecule has 0 bridgehead atoms. The maximum Gasteiger partial charge on any atom is 0.323 e. The maximum atomic E-state index is 11.7. The van der Waals surface area contributed by atoms with E-state index in [2.05, 4.69) is 4.90 Å². The summed E-state index contributed by atoms with van der Waals surface area (Å²) in [5.41, 5.74) is 0. The van der Waals surface area contributed by atoms with Crippen molar-refractivity contribution < 1.29 is 14.3 Å². The summed E-state index contributed by atoms with van der Waals surface area (Å²) in [6.45, 7) is 3.19. The number of carbonyl (C=O) groups is 1. The van der Waals surface area contributed by atoms with Crippen LogP contribution in [0.5, 0.6) is 0 Å². The molecule has 2 rings (SSSR count). The molecular weight excluding hydrogens is 194 g/mol. The molecule has 1 heterocycles. The van der Waals surface area contributed by atoms with Crippen molar-refractivity contribution in [3.05, 3.63) is 0 Å². The van der Waals surface area contributed by atoms with Gasteiger partial charge in [-0.2, -0.15) is 0 Å². The number of methoxy groups -OCH3 is 1. The van der Waals surface area contributed by atoms with Gasteiger partial charge in [0.15, 0.2) is 0 Å². The molecule has 0 radical (unpaired) electrons. The highest BCUT2D eigenvalue weighted by molar-refractivity contribution is 5.76. The molecule has 15 heavy (non-hydrogen) atoms. The minimum Gasteiger partial charge on any atom is -0.468 e. The first-order chi connectivity index (χ1) is 7.33. The van der Waals surface area contributed by atoms with Gasteiger partial charge in [-0.1, -0.05) is 6.42 Å². The number of hydrogen-bond acceptors (Lipinski definition) is 4. The van der Waals surface area contributed by atoms with E-state index in [9.17, 15) is 4.79 Å². The number of nitrogens with zero attached hydrogens (tertiary/aromatic N) is 1. The Morgan fingerprint density at radius 1 is 1.40 bits per heavy atom. The van der Waals surface area contributed by atoms with Crippen molar-refractivity contribution >= 4 is 5.97 Å². The number of esters is 1. The molecule has 1 aliphatic carbocycles. The summed E-state index contributed by atoms with van der Waals surface area (Å²) in [5, 5.41) is 0. The average molecular weight is 213 g/mol. The quantitative estimate of drug-likeness (QED) is 0.646. The summed E-state index contributed by atoms with van der Waals surface area (Å²) in [6, 6.07) is -0.0207. The van der Waals surface area contributed by atoms with E-state index >= 15 is 0 Å². The van der Waals surface area contributed by atoms with Gasteiger partial charge >= 0.3 is 5.97 Å². The third kappa shape index (κ3) is 2.32. The van der Waals surface area contributed by atoms with Gasteiger partial charge in [0.25, 0.3) is 0 Å². The lowest BCUT2D eigenvalue weighted by atomic mass is 9.79. The van der Waals surface area contributed by atoms with Gasteiger partial charge in [-0.15, -0.1) is 0 Å². The Bertz CT molecular complexity index is 222. The monoisotopic (exact) mass is 213 g/mol. The standard InChI is InChI=1S/C11H19NO3/c1-14-11(13)10(9-3-2-4-9)12-5-7-15-8-6-12/h9-10H,2-8H2,1H3. The number of carbonyl (C=O) groups excluding carboxylic acids is 1. The fourth-order valence-electron chi connectivity index (χ4n) is 2.37. The summed E-state index contributed by atoms with van der Waals surface area (Å²) in [6.07, 6.45) is 3.58. The van der Waals surface area contributed by atoms with Gasteiger partial charge in [-0.3, -0.25) is 9.69 Å². The first-order valence-electron chi connectivity index (χ1n) is 5.72. The summed E-state index contributed by atoms with van der Waals surface area (Å²) >= 11 is 0. The Balaban J connectivity index is 1.99. The molecule has 0 spiro atoms. The number of hydrogen-bond donors (Lipinski definition) is 0. The lowest BCUT2D eigenvalue weighted by molar-refractivity contribution is -0.153. The minimum absolute atomic E-state index is 0.0207. The van der Waals surface area contributed by atoms with E-state index in [0.29, 0.717) is 5.92 Å². The Hall–Kier alpha value is -0.610. The van der Waals surface area contributed by atoms with Crippen LogP contribution >= 0.6 is 0 Å². The summed E-state index contributed by atoms with van der Waals surface area (Å²) in [5.74, 6) is 0.442. The van der Waals surface area contributed by atoms with Crippen LogP contribution in [0.25, 0.3) is 0 Å². The van der Waals surface area contributed by atoms with Crippen molar-refractivity contribution in [2.75, 3.05) is 33.4 Å². The molecule has 0 aromatic heterocycles. The molecule has 86 valence electrons. The molecule has 2 fully saturated rings. The van der Waals surface area contributed by atoms with Gasteiger partial charge in [0.2, 0.25) is 0 Å². The number of morpholine rings is 1. The van der Waals surface area contributed by atoms with Crippen LogP contribution in [-0.2, 0) is 14.3 Å². The van der Waals surface area contributed by atoms with Crippen molar-refractivity contribution in [1.82, 2.24) is 4.90 Å². The highest BCUT2D eigenvalue weighted by atomic mass is 16.5. The van der Waals surface area contributed by atoms with E-state index in [4.69, 9.17) is 9.47 Å². The van der Waals surface area contributed by atoms with E-state index in [1.807, 2.05) is 0 Å². The molecular formula is C11H19NO3. The molecule has 0 amide bonds. The molecule has 1 aliphatic heterocycles. The van der Waals surface area contributed by atoms with Gasteiger partial charge in [-0.05, 0) is 18.8 Å². The topological polar surface area (TPSA) is 38.8 Å². The molecule has 1 unspecified atom stereocenters. The first kappa shape index (κ1) is 10.9. The van der Waals surface area contributed by atoms with Gasteiger partial charge in [-0.25, -0.2) is 0 Å². The van der Waals surface area contributed by atoms with E-state index < -0.39 is 0 Å². The van der Waals surface area contributed by atoms with Crippen molar-refractivity contribution in [3.8, 4) is 0 Å². The molecule has 4 heteroatoms. The van der Waals surface area contributed by atoms with Gasteiger partial charge in [0.05, 0.1) is 20.3 Å². The number of rotatable bonds is 3. The molecule has 0 N–H and O–H groups in total. The van der Waals surface area contributed by atoms with Crippen molar-refractivity contribution in [2.45, 2.75) is 25.3 Å². The average Bonchev–Trinajstić information content (AvgIpc) is 2.23. The van der Waals surface area contributed by atoms with E-state index in [-0.39, 0.29) is 12.0 Å². The lowest BCUT2D eigenvalue weighted by Crippen LogP contribution is -2.52. The van der Waals surface area contributed by atoms with Crippen LogP contribution in [0.15, 0.2) is 0 Å². The third-order valence-corrected chi connectivity index (χ3v) is 3.48. The zero-order valence-electron chi connectivity index (χ0n) is 9.28. The summed E-state index contributed by atoms with van der Waals surface area (Å²) in [7, 11) is 1.48. The van der Waals surface area contributed by atoms with Crippen LogP contribution in [0, 0.1) is 5.92 Å². The Morgan fingerprint density at radius 2 is 2.07 bits per heavy atom. The second-order valence-electron chi connectivity index (χ2n) is 4.31. The third-order valence-electron chi connectivity index (χ3n) is 3.48. The van der Waals surface area contributed by atoms with Crippen molar-refractivity contribution in [1.29, 1.82) is 0 Å². The Kier molecular flexibility index (Phi) is 3.59. The van der Waals surface area contributed by atoms with E-state index in [1.54, 1.807) is 0 Å². The lowest BCUT2D eigenvalue weighted by Gasteiger charge is -2.40. The van der Waals surface area contributed by atoms with Crippen LogP contribution in [0.2, 0.25) is 0 Å². The normalized spacial score (nSPS) is 25.7. The zero-order chi connectivity index (χ0) is 10.7. The molecule has 0 aromatic carbocycles. The predicted octanol–water partition coefficient (Wildman–Crippen LogP) is 0.660. The first-order valence-corrected chi connectivity index (χ1v) is 5.72. The SMILES string of the molecule is COC(=O)C(C1CCC1)N1CCOCC1. The van der Waals surface area contributed by atoms with Crippen molar-refractivity contribution in [3.63, 3.8) is 0 Å². The van der Waals surface area contributed by atoms with Crippen molar-refractivity contribution in [2.24, 2.45) is 5.92 Å². The summed E-state index contributed by atoms with van der Waals surface area (Å²) in [4.78, 5) is 14.0. The van der Waals surface area contributed by atoms with Gasteiger partial charge in [0.1, 0.15) is 6.04 Å². The van der Waals surface area contributed by atoms with Crippen LogP contribution in [0.4, 0.5) is 0 Å². The molecule has 0 aromatic rings. The molecule has 1 atom stereocenters. The van der Waals surface area contributed by atoms with Crippen LogP contribution in [0.1, 0.15) is 19.3 Å². The number of ether oxygens (including phenoxy) is 2. The maximum absolute atomic E-state index is 11.7. The fourth-order valence-corrected chi connectivity index (χ4v) is 2.37. The molecule has 2 aliphatic rings. The second-order valence-corrected chi connectivity index (χ2v) is 4.31. The molecule has 1 saturated heterocycles. The molecule has 4 nitrogen and oxygen atoms in total.